The number of amides is 1. The molecule has 8 nitrogen and oxygen atoms in total. The minimum Gasteiger partial charge on any atom is -0.512 e. The number of halogens is 1. The van der Waals surface area contributed by atoms with Crippen molar-refractivity contribution in [2.75, 3.05) is 22.9 Å². The van der Waals surface area contributed by atoms with E-state index in [9.17, 15) is 18.3 Å². The predicted octanol–water partition coefficient (Wildman–Crippen LogP) is 3.62. The third-order valence-electron chi connectivity index (χ3n) is 5.81. The molecule has 2 aromatic rings. The number of aliphatic hydroxyl groups is 1. The fourth-order valence-corrected chi connectivity index (χ4v) is 5.53. The van der Waals surface area contributed by atoms with Gasteiger partial charge in [0.1, 0.15) is 11.9 Å². The summed E-state index contributed by atoms with van der Waals surface area (Å²) in [4.78, 5) is 17.1. The van der Waals surface area contributed by atoms with Crippen LogP contribution < -0.4 is 14.5 Å². The van der Waals surface area contributed by atoms with Crippen molar-refractivity contribution in [2.45, 2.75) is 37.1 Å². The molecule has 1 amide bonds. The van der Waals surface area contributed by atoms with Gasteiger partial charge in [-0.25, -0.2) is 8.42 Å². The van der Waals surface area contributed by atoms with Gasteiger partial charge in [-0.1, -0.05) is 11.6 Å². The van der Waals surface area contributed by atoms with Gasteiger partial charge < -0.3 is 14.9 Å². The number of rotatable bonds is 5. The molecule has 2 aromatic carbocycles. The fraction of sp³-hybridized carbons (Fsp3) is 0.304. The molecule has 0 radical (unpaired) electrons. The number of nitrogens with one attached hydrogen (secondary N) is 2. The highest BCUT2D eigenvalue weighted by atomic mass is 35.5. The smallest absolute Gasteiger partial charge is 0.263 e. The molecule has 0 bridgehead atoms. The maximum Gasteiger partial charge on any atom is 0.263 e. The summed E-state index contributed by atoms with van der Waals surface area (Å²) in [5, 5.41) is 17.5. The Balaban J connectivity index is 1.50. The number of allylic oxidation sites excluding steroid dienone is 1. The van der Waals surface area contributed by atoms with E-state index in [0.29, 0.717) is 23.7 Å². The molecule has 0 unspecified atom stereocenters. The third-order valence-corrected chi connectivity index (χ3v) is 7.42. The van der Waals surface area contributed by atoms with Crippen molar-refractivity contribution in [1.29, 1.82) is 5.41 Å². The van der Waals surface area contributed by atoms with E-state index in [1.165, 1.54) is 19.1 Å². The molecule has 0 saturated carbocycles. The summed E-state index contributed by atoms with van der Waals surface area (Å²) in [5.41, 5.74) is 2.82. The lowest BCUT2D eigenvalue weighted by molar-refractivity contribution is -0.118. The van der Waals surface area contributed by atoms with Crippen LogP contribution in [0.15, 0.2) is 59.2 Å². The first-order valence-corrected chi connectivity index (χ1v) is 12.5. The van der Waals surface area contributed by atoms with Crippen LogP contribution in [0.25, 0.3) is 0 Å². The Morgan fingerprint density at radius 3 is 2.64 bits per heavy atom. The van der Waals surface area contributed by atoms with Gasteiger partial charge in [0.15, 0.2) is 0 Å². The first-order chi connectivity index (χ1) is 15.7. The van der Waals surface area contributed by atoms with E-state index in [1.54, 1.807) is 17.0 Å². The van der Waals surface area contributed by atoms with E-state index in [-0.39, 0.29) is 22.6 Å². The zero-order valence-electron chi connectivity index (χ0n) is 18.1. The second-order valence-electron chi connectivity index (χ2n) is 8.16. The molecule has 33 heavy (non-hydrogen) atoms. The summed E-state index contributed by atoms with van der Waals surface area (Å²) >= 11 is 6.14. The molecule has 0 aliphatic carbocycles. The van der Waals surface area contributed by atoms with Crippen LogP contribution in [0, 0.1) is 5.41 Å². The van der Waals surface area contributed by atoms with Gasteiger partial charge in [-0.15, -0.1) is 0 Å². The van der Waals surface area contributed by atoms with Gasteiger partial charge >= 0.3 is 0 Å². The highest BCUT2D eigenvalue weighted by Gasteiger charge is 2.38. The summed E-state index contributed by atoms with van der Waals surface area (Å²) in [7, 11) is -3.98. The van der Waals surface area contributed by atoms with Crippen LogP contribution in [0.1, 0.15) is 25.3 Å². The summed E-state index contributed by atoms with van der Waals surface area (Å²) < 4.78 is 27.0. The Labute approximate surface area is 198 Å². The van der Waals surface area contributed by atoms with Gasteiger partial charge in [-0.05, 0) is 74.2 Å². The molecule has 174 valence electrons. The maximum atomic E-state index is 13.3. The third kappa shape index (κ3) is 4.84. The van der Waals surface area contributed by atoms with Gasteiger partial charge in [-0.2, -0.15) is 0 Å². The normalized spacial score (nSPS) is 18.9. The molecule has 0 spiro atoms. The fourth-order valence-electron chi connectivity index (χ4n) is 4.38. The topological polar surface area (TPSA) is 114 Å². The SMILES string of the molecule is C/C(O)=C/C(=N)NS(=O)(=O)c1ccc(N2CC[C@H](N3CCCc4cc(Cl)ccc43)C2=O)cc1. The number of amidine groups is 1. The van der Waals surface area contributed by atoms with Crippen LogP contribution in [0.4, 0.5) is 11.4 Å². The monoisotopic (exact) mass is 488 g/mol. The number of fused-ring (bicyclic) bond motifs is 1. The highest BCUT2D eigenvalue weighted by Crippen LogP contribution is 2.34. The zero-order chi connectivity index (χ0) is 23.8. The Morgan fingerprint density at radius 1 is 1.21 bits per heavy atom. The largest absolute Gasteiger partial charge is 0.512 e. The summed E-state index contributed by atoms with van der Waals surface area (Å²) in [6.45, 7) is 2.68. The molecular weight excluding hydrogens is 464 g/mol. The second-order valence-corrected chi connectivity index (χ2v) is 10.3. The molecule has 1 saturated heterocycles. The summed E-state index contributed by atoms with van der Waals surface area (Å²) in [5.74, 6) is -0.642. The van der Waals surface area contributed by atoms with E-state index in [0.717, 1.165) is 36.7 Å². The van der Waals surface area contributed by atoms with Crippen molar-refractivity contribution in [3.05, 3.63) is 64.9 Å². The molecule has 10 heteroatoms. The second kappa shape index (κ2) is 9.07. The summed E-state index contributed by atoms with van der Waals surface area (Å²) in [6, 6.07) is 11.5. The number of carbonyl (C=O) groups is 1. The molecular formula is C23H25ClN4O4S. The van der Waals surface area contributed by atoms with E-state index >= 15 is 0 Å². The molecule has 3 N–H and O–H groups in total. The number of sulfonamides is 1. The standard InChI is InChI=1S/C23H25ClN4O4S/c1-15(29)13-22(25)26-33(31,32)19-7-5-18(6-8-19)27-12-10-21(23(27)30)28-11-2-3-16-14-17(24)4-9-20(16)28/h4-9,13-14,21,29H,2-3,10-12H2,1H3,(H2,25,26)/b15-13-/t21-/m0/s1. The van der Waals surface area contributed by atoms with Crippen LogP contribution in [0.2, 0.25) is 5.02 Å². The maximum absolute atomic E-state index is 13.3. The van der Waals surface area contributed by atoms with Gasteiger partial charge in [-0.3, -0.25) is 14.9 Å². The Morgan fingerprint density at radius 2 is 1.94 bits per heavy atom. The summed E-state index contributed by atoms with van der Waals surface area (Å²) in [6.07, 6.45) is 3.57. The highest BCUT2D eigenvalue weighted by molar-refractivity contribution is 7.90. The molecule has 2 heterocycles. The van der Waals surface area contributed by atoms with Gasteiger partial charge in [0.05, 0.1) is 10.7 Å². The molecule has 1 atom stereocenters. The Bertz CT molecular complexity index is 1220. The Kier molecular flexibility index (Phi) is 6.36. The van der Waals surface area contributed by atoms with Crippen LogP contribution in [0.3, 0.4) is 0 Å². The molecule has 2 aliphatic rings. The van der Waals surface area contributed by atoms with Crippen molar-refractivity contribution in [3.8, 4) is 0 Å². The Hall–Kier alpha value is -3.04. The van der Waals surface area contributed by atoms with Crippen LogP contribution in [0.5, 0.6) is 0 Å². The van der Waals surface area contributed by atoms with Crippen LogP contribution >= 0.6 is 11.6 Å². The quantitative estimate of drug-likeness (QED) is 0.338. The number of hydrogen-bond donors (Lipinski definition) is 3. The number of aryl methyl sites for hydroxylation is 1. The molecule has 1 fully saturated rings. The minimum atomic E-state index is -3.98. The van der Waals surface area contributed by atoms with Gasteiger partial charge in [0, 0.05) is 35.6 Å². The van der Waals surface area contributed by atoms with Gasteiger partial charge in [0.2, 0.25) is 5.91 Å². The van der Waals surface area contributed by atoms with Crippen molar-refractivity contribution in [1.82, 2.24) is 4.72 Å². The number of nitrogens with zero attached hydrogens (tertiary/aromatic N) is 2. The average molecular weight is 489 g/mol. The predicted molar refractivity (Wildman–Crippen MR) is 129 cm³/mol. The zero-order valence-corrected chi connectivity index (χ0v) is 19.7. The lowest BCUT2D eigenvalue weighted by atomic mass is 9.99. The van der Waals surface area contributed by atoms with E-state index in [2.05, 4.69) is 9.62 Å². The van der Waals surface area contributed by atoms with Gasteiger partial charge in [0.25, 0.3) is 10.0 Å². The number of hydrogen-bond acceptors (Lipinski definition) is 6. The lowest BCUT2D eigenvalue weighted by Crippen LogP contribution is -2.44. The average Bonchev–Trinajstić information content (AvgIpc) is 3.13. The molecule has 4 rings (SSSR count). The first-order valence-electron chi connectivity index (χ1n) is 10.6. The number of carbonyl (C=O) groups excluding carboxylic acids is 1. The van der Waals surface area contributed by atoms with Crippen molar-refractivity contribution < 1.29 is 18.3 Å². The van der Waals surface area contributed by atoms with Crippen molar-refractivity contribution in [2.24, 2.45) is 0 Å². The molecule has 2 aliphatic heterocycles. The van der Waals surface area contributed by atoms with Crippen molar-refractivity contribution in [3.63, 3.8) is 0 Å². The van der Waals surface area contributed by atoms with Crippen molar-refractivity contribution >= 4 is 44.7 Å². The molecule has 0 aromatic heterocycles. The van der Waals surface area contributed by atoms with E-state index in [4.69, 9.17) is 17.0 Å². The van der Waals surface area contributed by atoms with E-state index in [1.807, 2.05) is 18.2 Å². The van der Waals surface area contributed by atoms with Crippen LogP contribution in [-0.2, 0) is 21.2 Å². The van der Waals surface area contributed by atoms with Crippen LogP contribution in [-0.4, -0.2) is 44.4 Å². The number of benzene rings is 2. The number of aliphatic hydroxyl groups excluding tert-OH is 1. The van der Waals surface area contributed by atoms with E-state index < -0.39 is 15.9 Å². The lowest BCUT2D eigenvalue weighted by Gasteiger charge is -2.35. The number of anilines is 2. The minimum absolute atomic E-state index is 0.0168. The first kappa shape index (κ1) is 23.1.